The van der Waals surface area contributed by atoms with E-state index in [1.165, 1.54) is 6.20 Å². The fourth-order valence-corrected chi connectivity index (χ4v) is 0.663. The van der Waals surface area contributed by atoms with Crippen molar-refractivity contribution in [2.24, 2.45) is 5.73 Å². The van der Waals surface area contributed by atoms with Gasteiger partial charge < -0.3 is 10.7 Å². The lowest BCUT2D eigenvalue weighted by molar-refractivity contribution is 0.257. The van der Waals surface area contributed by atoms with E-state index in [1.807, 2.05) is 0 Å². The van der Waals surface area contributed by atoms with E-state index in [2.05, 4.69) is 26.1 Å². The van der Waals surface area contributed by atoms with Crippen LogP contribution in [0, 0.1) is 0 Å². The molecular weight excluding hydrogens is 200 g/mol. The number of nitrogens with two attached hydrogens (primary N) is 1. The van der Waals surface area contributed by atoms with Crippen molar-refractivity contribution in [3.8, 4) is 0 Å². The lowest BCUT2D eigenvalue weighted by Gasteiger charge is -2.05. The van der Waals surface area contributed by atoms with Gasteiger partial charge in [0.2, 0.25) is 5.95 Å². The molecule has 0 saturated heterocycles. The molecule has 0 saturated carbocycles. The van der Waals surface area contributed by atoms with Gasteiger partial charge in [-0.15, -0.1) is 0 Å². The molecular formula is C4H5BrN4O. The first-order chi connectivity index (χ1) is 4.72. The molecule has 0 unspecified atom stereocenters. The van der Waals surface area contributed by atoms with Crippen molar-refractivity contribution in [3.63, 3.8) is 0 Å². The van der Waals surface area contributed by atoms with Crippen LogP contribution in [0.1, 0.15) is 0 Å². The summed E-state index contributed by atoms with van der Waals surface area (Å²) in [6.07, 6.45) is 3.11. The van der Waals surface area contributed by atoms with Crippen molar-refractivity contribution in [2.45, 2.75) is 0 Å². The van der Waals surface area contributed by atoms with Gasteiger partial charge in [-0.05, 0) is 0 Å². The van der Waals surface area contributed by atoms with Crippen LogP contribution in [-0.4, -0.2) is 16.0 Å². The maximum atomic E-state index is 10.4. The average Bonchev–Trinajstić information content (AvgIpc) is 2.36. The number of nitrogens with zero attached hydrogens (tertiary/aromatic N) is 2. The highest BCUT2D eigenvalue weighted by Gasteiger charge is 2.09. The quantitative estimate of drug-likeness (QED) is 0.658. The number of carbonyl (C=O) groups excluding carboxylic acids is 1. The second kappa shape index (κ2) is 2.70. The first-order valence-corrected chi connectivity index (χ1v) is 3.17. The van der Waals surface area contributed by atoms with Crippen molar-refractivity contribution in [1.29, 1.82) is 0 Å². The van der Waals surface area contributed by atoms with E-state index in [1.54, 1.807) is 6.20 Å². The molecule has 1 aromatic rings. The molecule has 6 heteroatoms. The number of rotatable bonds is 1. The second-order valence-corrected chi connectivity index (χ2v) is 2.24. The first kappa shape index (κ1) is 7.07. The van der Waals surface area contributed by atoms with Crippen molar-refractivity contribution < 1.29 is 4.79 Å². The highest BCUT2D eigenvalue weighted by Crippen LogP contribution is 2.09. The summed E-state index contributed by atoms with van der Waals surface area (Å²) in [5.41, 5.74) is 4.91. The van der Waals surface area contributed by atoms with Crippen LogP contribution in [0.15, 0.2) is 12.4 Å². The number of aromatic nitrogens is 2. The highest BCUT2D eigenvalue weighted by atomic mass is 79.9. The van der Waals surface area contributed by atoms with Gasteiger partial charge in [-0.3, -0.25) is 0 Å². The van der Waals surface area contributed by atoms with Crippen LogP contribution in [0.5, 0.6) is 0 Å². The Bertz CT molecular complexity index is 221. The number of hydrogen-bond acceptors (Lipinski definition) is 2. The van der Waals surface area contributed by atoms with Gasteiger partial charge in [0, 0.05) is 12.4 Å². The largest absolute Gasteiger partial charge is 0.350 e. The van der Waals surface area contributed by atoms with Crippen molar-refractivity contribution in [2.75, 3.05) is 3.93 Å². The van der Waals surface area contributed by atoms with E-state index >= 15 is 0 Å². The maximum absolute atomic E-state index is 10.4. The highest BCUT2D eigenvalue weighted by molar-refractivity contribution is 9.10. The van der Waals surface area contributed by atoms with Crippen molar-refractivity contribution in [1.82, 2.24) is 9.97 Å². The lowest BCUT2D eigenvalue weighted by atomic mass is 10.9. The minimum Gasteiger partial charge on any atom is -0.350 e. The minimum atomic E-state index is -0.616. The third kappa shape index (κ3) is 1.27. The van der Waals surface area contributed by atoms with Crippen LogP contribution >= 0.6 is 16.1 Å². The molecule has 0 fully saturated rings. The van der Waals surface area contributed by atoms with Crippen LogP contribution in [0.2, 0.25) is 0 Å². The summed E-state index contributed by atoms with van der Waals surface area (Å²) in [7, 11) is 0. The van der Waals surface area contributed by atoms with E-state index in [9.17, 15) is 4.79 Å². The SMILES string of the molecule is NC(=O)N(Br)c1ncc[nH]1. The van der Waals surface area contributed by atoms with Crippen LogP contribution in [0.4, 0.5) is 10.7 Å². The summed E-state index contributed by atoms with van der Waals surface area (Å²) in [5, 5.41) is 0. The number of carbonyl (C=O) groups is 1. The van der Waals surface area contributed by atoms with Crippen LogP contribution in [0.25, 0.3) is 0 Å². The van der Waals surface area contributed by atoms with Gasteiger partial charge >= 0.3 is 6.03 Å². The molecule has 0 aliphatic carbocycles. The van der Waals surface area contributed by atoms with Crippen molar-refractivity contribution in [3.05, 3.63) is 12.4 Å². The van der Waals surface area contributed by atoms with E-state index in [4.69, 9.17) is 5.73 Å². The Hall–Kier alpha value is -1.04. The molecule has 0 aliphatic rings. The zero-order valence-corrected chi connectivity index (χ0v) is 6.50. The van der Waals surface area contributed by atoms with E-state index < -0.39 is 6.03 Å². The molecule has 3 N–H and O–H groups in total. The Kier molecular flexibility index (Phi) is 1.91. The second-order valence-electron chi connectivity index (χ2n) is 1.53. The molecule has 0 atom stereocenters. The molecule has 0 aromatic carbocycles. The standard InChI is InChI=1S/C4H5BrN4O/c5-9(3(6)10)4-7-1-2-8-4/h1-2H,(H2,6,10)(H,7,8). The number of amides is 2. The summed E-state index contributed by atoms with van der Waals surface area (Å²) < 4.78 is 1.03. The maximum Gasteiger partial charge on any atom is 0.331 e. The Balaban J connectivity index is 2.77. The lowest BCUT2D eigenvalue weighted by Crippen LogP contribution is -2.27. The first-order valence-electron chi connectivity index (χ1n) is 2.46. The zero-order valence-electron chi connectivity index (χ0n) is 4.91. The summed E-state index contributed by atoms with van der Waals surface area (Å²) >= 11 is 2.89. The molecule has 0 aliphatic heterocycles. The number of imidazole rings is 1. The van der Waals surface area contributed by atoms with Gasteiger partial charge in [0.25, 0.3) is 0 Å². The van der Waals surface area contributed by atoms with Crippen LogP contribution in [-0.2, 0) is 0 Å². The Morgan fingerprint density at radius 2 is 2.60 bits per heavy atom. The molecule has 0 radical (unpaired) electrons. The summed E-state index contributed by atoms with van der Waals surface area (Å²) in [6, 6.07) is -0.616. The summed E-state index contributed by atoms with van der Waals surface area (Å²) in [4.78, 5) is 16.9. The molecule has 54 valence electrons. The van der Waals surface area contributed by atoms with E-state index in [0.29, 0.717) is 5.95 Å². The topological polar surface area (TPSA) is 75.0 Å². The number of nitrogens with one attached hydrogen (secondary N) is 1. The Labute approximate surface area is 65.6 Å². The number of aromatic amines is 1. The van der Waals surface area contributed by atoms with Crippen molar-refractivity contribution >= 4 is 28.1 Å². The Morgan fingerprint density at radius 3 is 3.00 bits per heavy atom. The van der Waals surface area contributed by atoms with Gasteiger partial charge in [-0.1, -0.05) is 0 Å². The molecule has 1 heterocycles. The number of halogens is 1. The molecule has 0 bridgehead atoms. The number of anilines is 1. The average molecular weight is 205 g/mol. The van der Waals surface area contributed by atoms with Gasteiger partial charge in [-0.25, -0.2) is 9.78 Å². The predicted molar refractivity (Wildman–Crippen MR) is 39.6 cm³/mol. The van der Waals surface area contributed by atoms with Gasteiger partial charge in [0.05, 0.1) is 16.1 Å². The normalized spacial score (nSPS) is 9.30. The predicted octanol–water partition coefficient (Wildman–Crippen LogP) is 0.605. The third-order valence-corrected chi connectivity index (χ3v) is 1.55. The third-order valence-electron chi connectivity index (χ3n) is 0.863. The molecule has 2 amide bonds. The number of urea groups is 1. The van der Waals surface area contributed by atoms with E-state index in [-0.39, 0.29) is 0 Å². The fourth-order valence-electron chi connectivity index (χ4n) is 0.469. The number of primary amides is 1. The monoisotopic (exact) mass is 204 g/mol. The molecule has 1 aromatic heterocycles. The number of hydrogen-bond donors (Lipinski definition) is 2. The summed E-state index contributed by atoms with van der Waals surface area (Å²) in [5.74, 6) is 0.368. The molecule has 10 heavy (non-hydrogen) atoms. The molecule has 0 spiro atoms. The minimum absolute atomic E-state index is 0.368. The zero-order chi connectivity index (χ0) is 7.56. The molecule has 5 nitrogen and oxygen atoms in total. The van der Waals surface area contributed by atoms with E-state index in [0.717, 1.165) is 3.93 Å². The van der Waals surface area contributed by atoms with Gasteiger partial charge in [0.15, 0.2) is 0 Å². The van der Waals surface area contributed by atoms with Gasteiger partial charge in [-0.2, -0.15) is 3.93 Å². The van der Waals surface area contributed by atoms with Crippen LogP contribution < -0.4 is 9.66 Å². The summed E-state index contributed by atoms with van der Waals surface area (Å²) in [6.45, 7) is 0. The smallest absolute Gasteiger partial charge is 0.331 e. The van der Waals surface area contributed by atoms with Gasteiger partial charge in [0.1, 0.15) is 0 Å². The Morgan fingerprint density at radius 1 is 1.90 bits per heavy atom. The number of H-pyrrole nitrogens is 1. The van der Waals surface area contributed by atoms with Crippen LogP contribution in [0.3, 0.4) is 0 Å². The fraction of sp³-hybridized carbons (Fsp3) is 0. The molecule has 1 rings (SSSR count).